The molecule has 1 aromatic carbocycles. The molecule has 0 amide bonds. The summed E-state index contributed by atoms with van der Waals surface area (Å²) < 4.78 is 1.27. The molecule has 0 bridgehead atoms. The molecule has 3 rings (SSSR count). The average molecular weight is 288 g/mol. The summed E-state index contributed by atoms with van der Waals surface area (Å²) in [6.45, 7) is 3.18. The third-order valence-electron chi connectivity index (χ3n) is 3.08. The molecule has 1 N–H and O–H groups in total. The summed E-state index contributed by atoms with van der Waals surface area (Å²) in [7, 11) is 0. The van der Waals surface area contributed by atoms with Crippen LogP contribution < -0.4 is 5.32 Å². The number of hydrogen-bond donors (Lipinski definition) is 1. The van der Waals surface area contributed by atoms with Crippen molar-refractivity contribution in [2.75, 3.05) is 6.54 Å². The van der Waals surface area contributed by atoms with Crippen molar-refractivity contribution in [2.45, 2.75) is 19.4 Å². The molecule has 1 atom stereocenters. The molecule has 19 heavy (non-hydrogen) atoms. The van der Waals surface area contributed by atoms with Crippen LogP contribution in [0.15, 0.2) is 41.8 Å². The lowest BCUT2D eigenvalue weighted by Crippen LogP contribution is -2.20. The number of para-hydroxylation sites is 1. The van der Waals surface area contributed by atoms with Crippen molar-refractivity contribution in [1.29, 1.82) is 0 Å². The molecule has 0 saturated carbocycles. The van der Waals surface area contributed by atoms with E-state index in [4.69, 9.17) is 0 Å². The summed E-state index contributed by atoms with van der Waals surface area (Å²) in [5.74, 6) is 0. The fraction of sp³-hybridized carbons (Fsp3) is 0.267. The molecule has 0 spiro atoms. The Morgan fingerprint density at radius 2 is 2.11 bits per heavy atom. The van der Waals surface area contributed by atoms with Crippen molar-refractivity contribution >= 4 is 32.9 Å². The van der Waals surface area contributed by atoms with Crippen molar-refractivity contribution < 1.29 is 0 Å². The first-order valence-corrected chi connectivity index (χ1v) is 8.14. The van der Waals surface area contributed by atoms with Crippen molar-refractivity contribution in [3.8, 4) is 0 Å². The van der Waals surface area contributed by atoms with Gasteiger partial charge in [0.15, 0.2) is 0 Å². The van der Waals surface area contributed by atoms with Gasteiger partial charge in [0, 0.05) is 11.4 Å². The zero-order valence-corrected chi connectivity index (χ0v) is 12.4. The lowest BCUT2D eigenvalue weighted by atomic mass is 10.3. The monoisotopic (exact) mass is 288 g/mol. The fourth-order valence-electron chi connectivity index (χ4n) is 2.03. The Labute approximate surface area is 121 Å². The Hall–Kier alpha value is -1.23. The van der Waals surface area contributed by atoms with Crippen molar-refractivity contribution in [1.82, 2.24) is 10.3 Å². The van der Waals surface area contributed by atoms with Crippen LogP contribution in [0.2, 0.25) is 0 Å². The van der Waals surface area contributed by atoms with Gasteiger partial charge in [-0.15, -0.1) is 22.7 Å². The van der Waals surface area contributed by atoms with E-state index in [0.29, 0.717) is 6.04 Å². The molecule has 0 fully saturated rings. The fourth-order valence-corrected chi connectivity index (χ4v) is 3.73. The SMILES string of the molecule is CC(NCCc1cccs1)c1nc2ccccc2s1. The third kappa shape index (κ3) is 3.03. The number of nitrogens with zero attached hydrogens (tertiary/aromatic N) is 1. The second-order valence-electron chi connectivity index (χ2n) is 4.53. The van der Waals surface area contributed by atoms with Gasteiger partial charge >= 0.3 is 0 Å². The van der Waals surface area contributed by atoms with Gasteiger partial charge in [-0.3, -0.25) is 0 Å². The number of aromatic nitrogens is 1. The summed E-state index contributed by atoms with van der Waals surface area (Å²) in [5, 5.41) is 6.86. The minimum absolute atomic E-state index is 0.317. The van der Waals surface area contributed by atoms with Gasteiger partial charge in [0.2, 0.25) is 0 Å². The average Bonchev–Trinajstić information content (AvgIpc) is 3.07. The van der Waals surface area contributed by atoms with Crippen molar-refractivity contribution in [3.63, 3.8) is 0 Å². The van der Waals surface area contributed by atoms with Crippen LogP contribution >= 0.6 is 22.7 Å². The first-order valence-electron chi connectivity index (χ1n) is 6.44. The smallest absolute Gasteiger partial charge is 0.111 e. The largest absolute Gasteiger partial charge is 0.308 e. The van der Waals surface area contributed by atoms with Crippen LogP contribution in [-0.4, -0.2) is 11.5 Å². The molecular weight excluding hydrogens is 272 g/mol. The Balaban J connectivity index is 1.61. The molecule has 0 radical (unpaired) electrons. The quantitative estimate of drug-likeness (QED) is 0.759. The van der Waals surface area contributed by atoms with Crippen LogP contribution in [0.3, 0.4) is 0 Å². The first-order chi connectivity index (χ1) is 9.33. The summed E-state index contributed by atoms with van der Waals surface area (Å²) in [4.78, 5) is 6.12. The molecule has 4 heteroatoms. The third-order valence-corrected chi connectivity index (χ3v) is 5.24. The predicted octanol–water partition coefficient (Wildman–Crippen LogP) is 4.25. The van der Waals surface area contributed by atoms with E-state index < -0.39 is 0 Å². The van der Waals surface area contributed by atoms with E-state index in [1.54, 1.807) is 11.3 Å². The minimum Gasteiger partial charge on any atom is -0.308 e. The number of fused-ring (bicyclic) bond motifs is 1. The first kappa shape index (κ1) is 12.8. The molecule has 0 aliphatic heterocycles. The summed E-state index contributed by atoms with van der Waals surface area (Å²) in [6, 6.07) is 12.9. The number of nitrogens with one attached hydrogen (secondary N) is 1. The van der Waals surface area contributed by atoms with Crippen LogP contribution in [0, 0.1) is 0 Å². The predicted molar refractivity (Wildman–Crippen MR) is 84.1 cm³/mol. The number of benzene rings is 1. The summed E-state index contributed by atoms with van der Waals surface area (Å²) in [5.41, 5.74) is 1.11. The van der Waals surface area contributed by atoms with Crippen LogP contribution in [0.5, 0.6) is 0 Å². The van der Waals surface area contributed by atoms with Gasteiger partial charge in [0.25, 0.3) is 0 Å². The molecular formula is C15H16N2S2. The highest BCUT2D eigenvalue weighted by atomic mass is 32.1. The highest BCUT2D eigenvalue weighted by Gasteiger charge is 2.10. The van der Waals surface area contributed by atoms with Crippen LogP contribution in [0.1, 0.15) is 22.9 Å². The van der Waals surface area contributed by atoms with E-state index in [1.165, 1.54) is 14.6 Å². The zero-order chi connectivity index (χ0) is 13.1. The van der Waals surface area contributed by atoms with Gasteiger partial charge < -0.3 is 5.32 Å². The van der Waals surface area contributed by atoms with E-state index in [-0.39, 0.29) is 0 Å². The van der Waals surface area contributed by atoms with E-state index >= 15 is 0 Å². The van der Waals surface area contributed by atoms with E-state index in [9.17, 15) is 0 Å². The van der Waals surface area contributed by atoms with Crippen LogP contribution in [0.4, 0.5) is 0 Å². The van der Waals surface area contributed by atoms with Gasteiger partial charge in [-0.2, -0.15) is 0 Å². The van der Waals surface area contributed by atoms with Crippen LogP contribution in [0.25, 0.3) is 10.2 Å². The van der Waals surface area contributed by atoms with E-state index in [2.05, 4.69) is 52.9 Å². The van der Waals surface area contributed by atoms with Gasteiger partial charge in [-0.25, -0.2) is 4.98 Å². The molecule has 0 aliphatic rings. The van der Waals surface area contributed by atoms with Crippen LogP contribution in [-0.2, 0) is 6.42 Å². The number of thiophene rings is 1. The topological polar surface area (TPSA) is 24.9 Å². The summed E-state index contributed by atoms with van der Waals surface area (Å²) in [6.07, 6.45) is 1.09. The number of thiazole rings is 1. The lowest BCUT2D eigenvalue weighted by Gasteiger charge is -2.09. The minimum atomic E-state index is 0.317. The Bertz CT molecular complexity index is 610. The molecule has 1 unspecified atom stereocenters. The van der Waals surface area contributed by atoms with Gasteiger partial charge in [-0.1, -0.05) is 18.2 Å². The summed E-state index contributed by atoms with van der Waals surface area (Å²) >= 11 is 3.60. The highest BCUT2D eigenvalue weighted by Crippen LogP contribution is 2.25. The zero-order valence-electron chi connectivity index (χ0n) is 10.8. The molecule has 2 nitrogen and oxygen atoms in total. The molecule has 0 aliphatic carbocycles. The van der Waals surface area contributed by atoms with E-state index in [0.717, 1.165) is 18.5 Å². The maximum absolute atomic E-state index is 4.69. The molecule has 98 valence electrons. The molecule has 3 aromatic rings. The second kappa shape index (κ2) is 5.82. The Kier molecular flexibility index (Phi) is 3.92. The maximum Gasteiger partial charge on any atom is 0.111 e. The van der Waals surface area contributed by atoms with Crippen molar-refractivity contribution in [3.05, 3.63) is 51.7 Å². The van der Waals surface area contributed by atoms with Crippen molar-refractivity contribution in [2.24, 2.45) is 0 Å². The second-order valence-corrected chi connectivity index (χ2v) is 6.62. The number of hydrogen-bond acceptors (Lipinski definition) is 4. The molecule has 2 aromatic heterocycles. The molecule has 0 saturated heterocycles. The maximum atomic E-state index is 4.69. The normalized spacial score (nSPS) is 12.9. The van der Waals surface area contributed by atoms with Gasteiger partial charge in [0.05, 0.1) is 16.3 Å². The number of rotatable bonds is 5. The standard InChI is InChI=1S/C15H16N2S2/c1-11(16-9-8-12-5-4-10-18-12)15-17-13-6-2-3-7-14(13)19-15/h2-7,10-11,16H,8-9H2,1H3. The highest BCUT2D eigenvalue weighted by molar-refractivity contribution is 7.18. The Morgan fingerprint density at radius 1 is 1.21 bits per heavy atom. The van der Waals surface area contributed by atoms with E-state index in [1.807, 2.05) is 17.4 Å². The Morgan fingerprint density at radius 3 is 2.89 bits per heavy atom. The lowest BCUT2D eigenvalue weighted by molar-refractivity contribution is 0.576. The van der Waals surface area contributed by atoms with Gasteiger partial charge in [-0.05, 0) is 36.9 Å². The molecule has 2 heterocycles. The van der Waals surface area contributed by atoms with Gasteiger partial charge in [0.1, 0.15) is 5.01 Å².